The molecule has 1 saturated carbocycles. The van der Waals surface area contributed by atoms with Crippen molar-refractivity contribution in [2.75, 3.05) is 36.4 Å². The highest BCUT2D eigenvalue weighted by molar-refractivity contribution is 5.99. The van der Waals surface area contributed by atoms with E-state index in [9.17, 15) is 9.59 Å². The van der Waals surface area contributed by atoms with Crippen molar-refractivity contribution in [1.82, 2.24) is 24.8 Å². The van der Waals surface area contributed by atoms with Crippen LogP contribution in [0.3, 0.4) is 0 Å². The van der Waals surface area contributed by atoms with Crippen molar-refractivity contribution in [3.8, 4) is 0 Å². The molecule has 33 heavy (non-hydrogen) atoms. The van der Waals surface area contributed by atoms with Crippen LogP contribution in [0.2, 0.25) is 0 Å². The zero-order valence-corrected chi connectivity index (χ0v) is 19.1. The number of pyridine rings is 2. The molecule has 1 aliphatic heterocycles. The number of hydrogen-bond donors (Lipinski definition) is 2. The van der Waals surface area contributed by atoms with Crippen LogP contribution < -0.4 is 21.1 Å². The number of anilines is 3. The monoisotopic (exact) mass is 447 g/mol. The van der Waals surface area contributed by atoms with E-state index in [1.54, 1.807) is 23.9 Å². The minimum absolute atomic E-state index is 0.0569. The second-order valence-electron chi connectivity index (χ2n) is 8.87. The standard InChI is InChI=1S/C24H29N7O2/c1-15-19-14-27-24(28-17-7-8-20(26-13-17)30-11-9-25-10-12-30)29-22(19)31(18-5-3-4-6-18)23(33)21(15)16(2)32/h7-8,13-14,18,25H,3-6,9-12H2,1-2H3,(H,27,28,29). The summed E-state index contributed by atoms with van der Waals surface area (Å²) in [6.45, 7) is 7.04. The van der Waals surface area contributed by atoms with Crippen LogP contribution in [0.4, 0.5) is 17.5 Å². The van der Waals surface area contributed by atoms with Gasteiger partial charge in [0, 0.05) is 43.8 Å². The molecular formula is C24H29N7O2. The quantitative estimate of drug-likeness (QED) is 0.575. The molecule has 1 aliphatic carbocycles. The minimum atomic E-state index is -0.244. The van der Waals surface area contributed by atoms with E-state index >= 15 is 0 Å². The van der Waals surface area contributed by atoms with Gasteiger partial charge in [-0.2, -0.15) is 4.98 Å². The van der Waals surface area contributed by atoms with Crippen LogP contribution >= 0.6 is 0 Å². The zero-order valence-electron chi connectivity index (χ0n) is 19.1. The van der Waals surface area contributed by atoms with Crippen molar-refractivity contribution in [2.24, 2.45) is 0 Å². The second kappa shape index (κ2) is 8.90. The first kappa shape index (κ1) is 21.5. The van der Waals surface area contributed by atoms with Gasteiger partial charge in [0.2, 0.25) is 5.95 Å². The number of rotatable bonds is 5. The molecule has 3 aromatic heterocycles. The average Bonchev–Trinajstić information content (AvgIpc) is 3.34. The Morgan fingerprint density at radius 2 is 1.88 bits per heavy atom. The fraction of sp³-hybridized carbons (Fsp3) is 0.458. The number of fused-ring (bicyclic) bond motifs is 1. The molecule has 2 N–H and O–H groups in total. The van der Waals surface area contributed by atoms with Crippen LogP contribution in [0.5, 0.6) is 0 Å². The summed E-state index contributed by atoms with van der Waals surface area (Å²) >= 11 is 0. The minimum Gasteiger partial charge on any atom is -0.354 e. The predicted molar refractivity (Wildman–Crippen MR) is 129 cm³/mol. The average molecular weight is 448 g/mol. The highest BCUT2D eigenvalue weighted by atomic mass is 16.1. The molecule has 0 bridgehead atoms. The van der Waals surface area contributed by atoms with E-state index in [1.807, 2.05) is 12.1 Å². The molecule has 0 atom stereocenters. The van der Waals surface area contributed by atoms with Crippen molar-refractivity contribution in [1.29, 1.82) is 0 Å². The molecule has 5 rings (SSSR count). The largest absolute Gasteiger partial charge is 0.354 e. The Balaban J connectivity index is 1.51. The molecule has 1 saturated heterocycles. The third-order valence-electron chi connectivity index (χ3n) is 6.70. The van der Waals surface area contributed by atoms with Crippen LogP contribution in [0.25, 0.3) is 11.0 Å². The summed E-state index contributed by atoms with van der Waals surface area (Å²) in [7, 11) is 0. The Morgan fingerprint density at radius 3 is 2.55 bits per heavy atom. The molecule has 2 aliphatic rings. The Kier molecular flexibility index (Phi) is 5.80. The van der Waals surface area contributed by atoms with Gasteiger partial charge in [0.05, 0.1) is 17.4 Å². The van der Waals surface area contributed by atoms with E-state index in [4.69, 9.17) is 4.98 Å². The summed E-state index contributed by atoms with van der Waals surface area (Å²) in [6, 6.07) is 4.01. The molecule has 0 spiro atoms. The van der Waals surface area contributed by atoms with E-state index in [0.29, 0.717) is 17.2 Å². The zero-order chi connectivity index (χ0) is 22.9. The molecule has 0 amide bonds. The normalized spacial score (nSPS) is 17.0. The summed E-state index contributed by atoms with van der Waals surface area (Å²) in [5.41, 5.74) is 2.00. The summed E-state index contributed by atoms with van der Waals surface area (Å²) in [5.74, 6) is 1.13. The number of carbonyl (C=O) groups is 1. The molecular weight excluding hydrogens is 418 g/mol. The highest BCUT2D eigenvalue weighted by Crippen LogP contribution is 2.32. The number of aromatic nitrogens is 4. The number of aryl methyl sites for hydroxylation is 1. The smallest absolute Gasteiger partial charge is 0.263 e. The van der Waals surface area contributed by atoms with Crippen LogP contribution in [-0.2, 0) is 0 Å². The Morgan fingerprint density at radius 1 is 1.12 bits per heavy atom. The van der Waals surface area contributed by atoms with Gasteiger partial charge in [-0.05, 0) is 44.4 Å². The van der Waals surface area contributed by atoms with Gasteiger partial charge in [-0.15, -0.1) is 0 Å². The lowest BCUT2D eigenvalue weighted by Gasteiger charge is -2.28. The maximum atomic E-state index is 13.3. The van der Waals surface area contributed by atoms with Gasteiger partial charge in [0.25, 0.3) is 5.56 Å². The molecule has 2 fully saturated rings. The number of ketones is 1. The maximum Gasteiger partial charge on any atom is 0.263 e. The van der Waals surface area contributed by atoms with Gasteiger partial charge in [-0.25, -0.2) is 9.97 Å². The van der Waals surface area contributed by atoms with Crippen LogP contribution in [0.1, 0.15) is 54.6 Å². The fourth-order valence-electron chi connectivity index (χ4n) is 4.98. The molecule has 172 valence electrons. The first-order valence-electron chi connectivity index (χ1n) is 11.6. The molecule has 4 heterocycles. The van der Waals surface area contributed by atoms with Crippen molar-refractivity contribution in [2.45, 2.75) is 45.6 Å². The maximum absolute atomic E-state index is 13.3. The molecule has 9 heteroatoms. The number of Topliss-reactive ketones (excluding diaryl/α,β-unsaturated/α-hetero) is 1. The van der Waals surface area contributed by atoms with E-state index in [2.05, 4.69) is 25.5 Å². The summed E-state index contributed by atoms with van der Waals surface area (Å²) in [6.07, 6.45) is 7.46. The van der Waals surface area contributed by atoms with Gasteiger partial charge >= 0.3 is 0 Å². The molecule has 9 nitrogen and oxygen atoms in total. The van der Waals surface area contributed by atoms with Gasteiger partial charge in [-0.3, -0.25) is 14.2 Å². The number of nitrogens with zero attached hydrogens (tertiary/aromatic N) is 5. The second-order valence-corrected chi connectivity index (χ2v) is 8.87. The summed E-state index contributed by atoms with van der Waals surface area (Å²) in [4.78, 5) is 41.6. The summed E-state index contributed by atoms with van der Waals surface area (Å²) in [5, 5.41) is 7.31. The van der Waals surface area contributed by atoms with Crippen LogP contribution in [0.15, 0.2) is 29.3 Å². The van der Waals surface area contributed by atoms with Gasteiger partial charge in [0.1, 0.15) is 11.5 Å². The number of hydrogen-bond acceptors (Lipinski definition) is 8. The van der Waals surface area contributed by atoms with Crippen molar-refractivity contribution in [3.05, 3.63) is 46.0 Å². The first-order chi connectivity index (χ1) is 16.0. The molecule has 0 aromatic carbocycles. The SMILES string of the molecule is CC(=O)c1c(C)c2cnc(Nc3ccc(N4CCNCC4)nc3)nc2n(C2CCCC2)c1=O. The van der Waals surface area contributed by atoms with Crippen LogP contribution in [0, 0.1) is 6.92 Å². The van der Waals surface area contributed by atoms with Crippen molar-refractivity contribution < 1.29 is 4.79 Å². The third kappa shape index (κ3) is 4.08. The van der Waals surface area contributed by atoms with E-state index in [1.165, 1.54) is 6.92 Å². The summed E-state index contributed by atoms with van der Waals surface area (Å²) < 4.78 is 1.73. The number of piperazine rings is 1. The van der Waals surface area contributed by atoms with Crippen molar-refractivity contribution in [3.63, 3.8) is 0 Å². The van der Waals surface area contributed by atoms with E-state index < -0.39 is 0 Å². The van der Waals surface area contributed by atoms with E-state index in [-0.39, 0.29) is 22.9 Å². The lowest BCUT2D eigenvalue weighted by molar-refractivity contribution is 0.101. The Labute approximate surface area is 192 Å². The fourth-order valence-corrected chi connectivity index (χ4v) is 4.98. The highest BCUT2D eigenvalue weighted by Gasteiger charge is 2.25. The van der Waals surface area contributed by atoms with Gasteiger partial charge in [0.15, 0.2) is 5.78 Å². The first-order valence-corrected chi connectivity index (χ1v) is 11.6. The van der Waals surface area contributed by atoms with Gasteiger partial charge in [-0.1, -0.05) is 12.8 Å². The van der Waals surface area contributed by atoms with Crippen molar-refractivity contribution >= 4 is 34.3 Å². The Bertz CT molecular complexity index is 1240. The molecule has 3 aromatic rings. The number of carbonyl (C=O) groups excluding carboxylic acids is 1. The lowest BCUT2D eigenvalue weighted by Crippen LogP contribution is -2.43. The van der Waals surface area contributed by atoms with Gasteiger partial charge < -0.3 is 15.5 Å². The molecule has 0 unspecified atom stereocenters. The topological polar surface area (TPSA) is 105 Å². The molecule has 0 radical (unpaired) electrons. The van der Waals surface area contributed by atoms with Crippen LogP contribution in [-0.4, -0.2) is 51.5 Å². The Hall–Kier alpha value is -3.33. The lowest BCUT2D eigenvalue weighted by atomic mass is 10.0. The number of nitrogens with one attached hydrogen (secondary N) is 2. The van der Waals surface area contributed by atoms with E-state index in [0.717, 1.165) is 68.8 Å². The predicted octanol–water partition coefficient (Wildman–Crippen LogP) is 2.97. The third-order valence-corrected chi connectivity index (χ3v) is 6.70.